The molecular formula is C16H19N3. The number of hydrogen-bond acceptors (Lipinski definition) is 3. The molecular weight excluding hydrogens is 234 g/mol. The number of nitrogens with one attached hydrogen (secondary N) is 1. The van der Waals surface area contributed by atoms with Crippen molar-refractivity contribution in [3.05, 3.63) is 59.9 Å². The highest BCUT2D eigenvalue weighted by Gasteiger charge is 2.23. The third-order valence-electron chi connectivity index (χ3n) is 3.68. The molecule has 0 aliphatic carbocycles. The van der Waals surface area contributed by atoms with Gasteiger partial charge in [0.2, 0.25) is 0 Å². The predicted octanol–water partition coefficient (Wildman–Crippen LogP) is 2.54. The van der Waals surface area contributed by atoms with Crippen molar-refractivity contribution in [3.8, 4) is 0 Å². The highest BCUT2D eigenvalue weighted by Crippen LogP contribution is 2.27. The zero-order chi connectivity index (χ0) is 13.1. The number of benzene rings is 1. The first-order chi connectivity index (χ1) is 9.34. The summed E-state index contributed by atoms with van der Waals surface area (Å²) < 4.78 is 0. The smallest absolute Gasteiger partial charge is 0.0682 e. The normalized spacial score (nSPS) is 19.4. The molecule has 1 unspecified atom stereocenters. The minimum atomic E-state index is 0.366. The van der Waals surface area contributed by atoms with Crippen LogP contribution in [0.15, 0.2) is 48.8 Å². The highest BCUT2D eigenvalue weighted by molar-refractivity contribution is 5.50. The molecule has 1 aromatic carbocycles. The van der Waals surface area contributed by atoms with Gasteiger partial charge in [-0.15, -0.1) is 0 Å². The average Bonchev–Trinajstić information content (AvgIpc) is 2.49. The number of rotatable bonds is 2. The van der Waals surface area contributed by atoms with Crippen molar-refractivity contribution in [3.63, 3.8) is 0 Å². The van der Waals surface area contributed by atoms with E-state index in [1.165, 1.54) is 16.8 Å². The molecule has 1 aliphatic rings. The molecule has 0 radical (unpaired) electrons. The summed E-state index contributed by atoms with van der Waals surface area (Å²) in [7, 11) is 0. The van der Waals surface area contributed by atoms with E-state index < -0.39 is 0 Å². The summed E-state index contributed by atoms with van der Waals surface area (Å²) in [4.78, 5) is 6.71. The van der Waals surface area contributed by atoms with Crippen molar-refractivity contribution in [2.75, 3.05) is 24.5 Å². The van der Waals surface area contributed by atoms with Gasteiger partial charge in [-0.05, 0) is 30.7 Å². The Morgan fingerprint density at radius 3 is 2.79 bits per heavy atom. The number of aryl methyl sites for hydroxylation is 1. The van der Waals surface area contributed by atoms with Crippen molar-refractivity contribution in [1.29, 1.82) is 0 Å². The fourth-order valence-corrected chi connectivity index (χ4v) is 2.62. The zero-order valence-corrected chi connectivity index (χ0v) is 11.2. The molecule has 1 N–H and O–H groups in total. The molecule has 2 heterocycles. The van der Waals surface area contributed by atoms with E-state index in [2.05, 4.69) is 52.5 Å². The van der Waals surface area contributed by atoms with Gasteiger partial charge >= 0.3 is 0 Å². The van der Waals surface area contributed by atoms with Crippen LogP contribution < -0.4 is 10.2 Å². The molecule has 0 amide bonds. The standard InChI is InChI=1S/C16H19N3/c1-13-4-6-15(7-5-13)19-10-9-18-12-16(19)14-3-2-8-17-11-14/h2-8,11,16,18H,9-10,12H2,1H3. The van der Waals surface area contributed by atoms with Gasteiger partial charge in [-0.1, -0.05) is 23.8 Å². The molecule has 3 rings (SSSR count). The second-order valence-corrected chi connectivity index (χ2v) is 5.04. The molecule has 3 heteroatoms. The number of anilines is 1. The van der Waals surface area contributed by atoms with Crippen molar-refractivity contribution < 1.29 is 0 Å². The Labute approximate surface area is 114 Å². The molecule has 1 aromatic heterocycles. The molecule has 2 aromatic rings. The highest BCUT2D eigenvalue weighted by atomic mass is 15.2. The van der Waals surface area contributed by atoms with Gasteiger partial charge in [-0.3, -0.25) is 4.98 Å². The Hall–Kier alpha value is -1.87. The minimum Gasteiger partial charge on any atom is -0.362 e. The maximum Gasteiger partial charge on any atom is 0.0682 e. The first kappa shape index (κ1) is 12.2. The zero-order valence-electron chi connectivity index (χ0n) is 11.2. The van der Waals surface area contributed by atoms with E-state index in [1.807, 2.05) is 18.5 Å². The lowest BCUT2D eigenvalue weighted by Crippen LogP contribution is -2.46. The van der Waals surface area contributed by atoms with Crippen LogP contribution in [0.3, 0.4) is 0 Å². The fraction of sp³-hybridized carbons (Fsp3) is 0.312. The predicted molar refractivity (Wildman–Crippen MR) is 78.4 cm³/mol. The van der Waals surface area contributed by atoms with E-state index in [9.17, 15) is 0 Å². The summed E-state index contributed by atoms with van der Waals surface area (Å²) >= 11 is 0. The molecule has 98 valence electrons. The van der Waals surface area contributed by atoms with Crippen molar-refractivity contribution in [2.45, 2.75) is 13.0 Å². The molecule has 1 atom stereocenters. The number of piperazine rings is 1. The van der Waals surface area contributed by atoms with Crippen LogP contribution in [0.5, 0.6) is 0 Å². The number of hydrogen-bond donors (Lipinski definition) is 1. The lowest BCUT2D eigenvalue weighted by Gasteiger charge is -2.38. The van der Waals surface area contributed by atoms with Crippen molar-refractivity contribution >= 4 is 5.69 Å². The summed E-state index contributed by atoms with van der Waals surface area (Å²) in [6.07, 6.45) is 3.80. The molecule has 0 bridgehead atoms. The second-order valence-electron chi connectivity index (χ2n) is 5.04. The maximum atomic E-state index is 4.25. The van der Waals surface area contributed by atoms with Crippen LogP contribution in [0, 0.1) is 6.92 Å². The number of aromatic nitrogens is 1. The van der Waals surface area contributed by atoms with Crippen molar-refractivity contribution in [1.82, 2.24) is 10.3 Å². The van der Waals surface area contributed by atoms with E-state index in [0.29, 0.717) is 6.04 Å². The van der Waals surface area contributed by atoms with Gasteiger partial charge in [0.25, 0.3) is 0 Å². The number of pyridine rings is 1. The van der Waals surface area contributed by atoms with Crippen molar-refractivity contribution in [2.24, 2.45) is 0 Å². The summed E-state index contributed by atoms with van der Waals surface area (Å²) in [5, 5.41) is 3.47. The van der Waals surface area contributed by atoms with Gasteiger partial charge in [0.1, 0.15) is 0 Å². The van der Waals surface area contributed by atoms with Gasteiger partial charge in [-0.25, -0.2) is 0 Å². The van der Waals surface area contributed by atoms with Gasteiger partial charge < -0.3 is 10.2 Å². The summed E-state index contributed by atoms with van der Waals surface area (Å²) in [6, 6.07) is 13.3. The van der Waals surface area contributed by atoms with Crippen LogP contribution in [-0.2, 0) is 0 Å². The first-order valence-electron chi connectivity index (χ1n) is 6.78. The molecule has 1 aliphatic heterocycles. The van der Waals surface area contributed by atoms with Crippen LogP contribution in [0.4, 0.5) is 5.69 Å². The Morgan fingerprint density at radius 2 is 2.05 bits per heavy atom. The molecule has 19 heavy (non-hydrogen) atoms. The topological polar surface area (TPSA) is 28.2 Å². The summed E-state index contributed by atoms with van der Waals surface area (Å²) in [6.45, 7) is 5.16. The van der Waals surface area contributed by atoms with Gasteiger partial charge in [0.05, 0.1) is 6.04 Å². The van der Waals surface area contributed by atoms with E-state index in [-0.39, 0.29) is 0 Å². The lowest BCUT2D eigenvalue weighted by atomic mass is 10.0. The average molecular weight is 253 g/mol. The molecule has 1 saturated heterocycles. The maximum absolute atomic E-state index is 4.25. The monoisotopic (exact) mass is 253 g/mol. The molecule has 1 fully saturated rings. The van der Waals surface area contributed by atoms with Gasteiger partial charge in [-0.2, -0.15) is 0 Å². The largest absolute Gasteiger partial charge is 0.362 e. The lowest BCUT2D eigenvalue weighted by molar-refractivity contribution is 0.489. The molecule has 3 nitrogen and oxygen atoms in total. The van der Waals surface area contributed by atoms with E-state index >= 15 is 0 Å². The van der Waals surface area contributed by atoms with Crippen LogP contribution >= 0.6 is 0 Å². The fourth-order valence-electron chi connectivity index (χ4n) is 2.62. The summed E-state index contributed by atoms with van der Waals surface area (Å²) in [5.41, 5.74) is 3.87. The molecule has 0 saturated carbocycles. The Bertz CT molecular complexity index is 521. The third kappa shape index (κ3) is 2.61. The van der Waals surface area contributed by atoms with E-state index in [4.69, 9.17) is 0 Å². The minimum absolute atomic E-state index is 0.366. The Balaban J connectivity index is 1.91. The van der Waals surface area contributed by atoms with E-state index in [1.54, 1.807) is 0 Å². The number of nitrogens with zero attached hydrogens (tertiary/aromatic N) is 2. The molecule has 0 spiro atoms. The van der Waals surface area contributed by atoms with Crippen LogP contribution in [0.2, 0.25) is 0 Å². The second kappa shape index (κ2) is 5.41. The third-order valence-corrected chi connectivity index (χ3v) is 3.68. The van der Waals surface area contributed by atoms with E-state index in [0.717, 1.165) is 19.6 Å². The SMILES string of the molecule is Cc1ccc(N2CCNCC2c2cccnc2)cc1. The first-order valence-corrected chi connectivity index (χ1v) is 6.78. The van der Waals surface area contributed by atoms with Gasteiger partial charge in [0.15, 0.2) is 0 Å². The Morgan fingerprint density at radius 1 is 1.21 bits per heavy atom. The summed E-state index contributed by atoms with van der Waals surface area (Å²) in [5.74, 6) is 0. The van der Waals surface area contributed by atoms with Gasteiger partial charge in [0, 0.05) is 37.7 Å². The van der Waals surface area contributed by atoms with Crippen LogP contribution in [0.1, 0.15) is 17.2 Å². The van der Waals surface area contributed by atoms with Crippen LogP contribution in [0.25, 0.3) is 0 Å². The van der Waals surface area contributed by atoms with Crippen LogP contribution in [-0.4, -0.2) is 24.6 Å². The Kier molecular flexibility index (Phi) is 3.47. The quantitative estimate of drug-likeness (QED) is 0.891.